The third-order valence-corrected chi connectivity index (χ3v) is 4.01. The predicted octanol–water partition coefficient (Wildman–Crippen LogP) is 1.61. The first-order valence-corrected chi connectivity index (χ1v) is 6.77. The van der Waals surface area contributed by atoms with Gasteiger partial charge >= 0.3 is 0 Å². The third kappa shape index (κ3) is 2.76. The van der Waals surface area contributed by atoms with Crippen molar-refractivity contribution in [3.05, 3.63) is 28.3 Å². The van der Waals surface area contributed by atoms with E-state index in [1.807, 2.05) is 0 Å². The van der Waals surface area contributed by atoms with Crippen molar-refractivity contribution in [3.8, 4) is 5.75 Å². The molecular formula is C15H24N2O2. The van der Waals surface area contributed by atoms with E-state index in [0.717, 1.165) is 24.5 Å². The Balaban J connectivity index is 2.33. The van der Waals surface area contributed by atoms with Gasteiger partial charge in [0.2, 0.25) is 0 Å². The lowest BCUT2D eigenvalue weighted by Gasteiger charge is -2.31. The molecule has 1 saturated heterocycles. The second-order valence-electron chi connectivity index (χ2n) is 5.23. The Morgan fingerprint density at radius 3 is 2.68 bits per heavy atom. The SMILES string of the molecule is COc1c(C)cc(C(N)C2COCCN2)c(C)c1C. The minimum absolute atomic E-state index is 0.0522. The molecule has 2 rings (SSSR count). The standard InChI is InChI=1S/C15H24N2O2/c1-9-7-12(10(2)11(3)15(9)18-4)14(16)13-8-19-6-5-17-13/h7,13-14,17H,5-6,8,16H2,1-4H3. The fourth-order valence-electron chi connectivity index (χ4n) is 2.78. The number of nitrogens with one attached hydrogen (secondary N) is 1. The summed E-state index contributed by atoms with van der Waals surface area (Å²) in [6, 6.07) is 2.27. The number of hydrogen-bond acceptors (Lipinski definition) is 4. The topological polar surface area (TPSA) is 56.5 Å². The maximum atomic E-state index is 6.42. The van der Waals surface area contributed by atoms with Crippen molar-refractivity contribution < 1.29 is 9.47 Å². The van der Waals surface area contributed by atoms with Crippen LogP contribution in [0.15, 0.2) is 6.07 Å². The molecule has 0 bridgehead atoms. The summed E-state index contributed by atoms with van der Waals surface area (Å²) in [7, 11) is 1.71. The second-order valence-corrected chi connectivity index (χ2v) is 5.23. The van der Waals surface area contributed by atoms with Gasteiger partial charge in [-0.3, -0.25) is 0 Å². The van der Waals surface area contributed by atoms with Gasteiger partial charge in [0, 0.05) is 18.6 Å². The van der Waals surface area contributed by atoms with Gasteiger partial charge in [-0.1, -0.05) is 6.07 Å². The summed E-state index contributed by atoms with van der Waals surface area (Å²) in [5.74, 6) is 0.960. The van der Waals surface area contributed by atoms with Crippen LogP contribution in [0.2, 0.25) is 0 Å². The lowest BCUT2D eigenvalue weighted by molar-refractivity contribution is 0.0684. The normalized spacial score (nSPS) is 21.2. The first kappa shape index (κ1) is 14.3. The van der Waals surface area contributed by atoms with Crippen molar-refractivity contribution in [2.75, 3.05) is 26.9 Å². The van der Waals surface area contributed by atoms with Crippen molar-refractivity contribution in [1.29, 1.82) is 0 Å². The molecule has 1 aromatic rings. The number of methoxy groups -OCH3 is 1. The van der Waals surface area contributed by atoms with E-state index < -0.39 is 0 Å². The van der Waals surface area contributed by atoms with E-state index in [1.54, 1.807) is 7.11 Å². The highest BCUT2D eigenvalue weighted by molar-refractivity contribution is 5.50. The summed E-state index contributed by atoms with van der Waals surface area (Å²) in [6.45, 7) is 8.56. The molecule has 0 saturated carbocycles. The van der Waals surface area contributed by atoms with Crippen LogP contribution in [0.3, 0.4) is 0 Å². The average molecular weight is 264 g/mol. The molecule has 0 spiro atoms. The predicted molar refractivity (Wildman–Crippen MR) is 76.7 cm³/mol. The Hall–Kier alpha value is -1.10. The summed E-state index contributed by atoms with van der Waals surface area (Å²) in [5, 5.41) is 3.43. The van der Waals surface area contributed by atoms with Crippen molar-refractivity contribution in [2.45, 2.75) is 32.9 Å². The molecule has 4 nitrogen and oxygen atoms in total. The molecule has 3 N–H and O–H groups in total. The van der Waals surface area contributed by atoms with Crippen LogP contribution in [0.25, 0.3) is 0 Å². The van der Waals surface area contributed by atoms with Gasteiger partial charge in [0.1, 0.15) is 5.75 Å². The molecule has 19 heavy (non-hydrogen) atoms. The monoisotopic (exact) mass is 264 g/mol. The van der Waals surface area contributed by atoms with Crippen molar-refractivity contribution in [3.63, 3.8) is 0 Å². The number of morpholine rings is 1. The van der Waals surface area contributed by atoms with E-state index in [2.05, 4.69) is 32.2 Å². The van der Waals surface area contributed by atoms with Crippen LogP contribution < -0.4 is 15.8 Å². The molecule has 1 aromatic carbocycles. The van der Waals surface area contributed by atoms with Crippen LogP contribution >= 0.6 is 0 Å². The Morgan fingerprint density at radius 2 is 2.11 bits per heavy atom. The van der Waals surface area contributed by atoms with Crippen molar-refractivity contribution in [1.82, 2.24) is 5.32 Å². The molecule has 0 aromatic heterocycles. The number of nitrogens with two attached hydrogens (primary N) is 1. The molecule has 2 unspecified atom stereocenters. The van der Waals surface area contributed by atoms with Gasteiger partial charge in [0.25, 0.3) is 0 Å². The van der Waals surface area contributed by atoms with Crippen molar-refractivity contribution >= 4 is 0 Å². The summed E-state index contributed by atoms with van der Waals surface area (Å²) in [5.41, 5.74) is 11.1. The van der Waals surface area contributed by atoms with E-state index in [4.69, 9.17) is 15.2 Å². The maximum absolute atomic E-state index is 6.42. The summed E-state index contributed by atoms with van der Waals surface area (Å²) in [6.07, 6.45) is 0. The third-order valence-electron chi connectivity index (χ3n) is 4.01. The van der Waals surface area contributed by atoms with Crippen LogP contribution in [0, 0.1) is 20.8 Å². The Morgan fingerprint density at radius 1 is 1.37 bits per heavy atom. The van der Waals surface area contributed by atoms with E-state index in [0.29, 0.717) is 6.61 Å². The lowest BCUT2D eigenvalue weighted by atomic mass is 9.90. The Bertz CT molecular complexity index is 454. The molecule has 1 heterocycles. The van der Waals surface area contributed by atoms with Gasteiger partial charge in [-0.2, -0.15) is 0 Å². The van der Waals surface area contributed by atoms with Gasteiger partial charge in [-0.05, 0) is 43.0 Å². The van der Waals surface area contributed by atoms with Crippen LogP contribution in [-0.2, 0) is 4.74 Å². The van der Waals surface area contributed by atoms with Crippen LogP contribution in [0.5, 0.6) is 5.75 Å². The minimum Gasteiger partial charge on any atom is -0.496 e. The zero-order valence-electron chi connectivity index (χ0n) is 12.2. The summed E-state index contributed by atoms with van der Waals surface area (Å²) < 4.78 is 11.0. The largest absolute Gasteiger partial charge is 0.496 e. The van der Waals surface area contributed by atoms with Gasteiger partial charge in [-0.25, -0.2) is 0 Å². The molecule has 106 valence electrons. The molecule has 1 fully saturated rings. The smallest absolute Gasteiger partial charge is 0.124 e. The minimum atomic E-state index is -0.0522. The highest BCUT2D eigenvalue weighted by Gasteiger charge is 2.24. The fourth-order valence-corrected chi connectivity index (χ4v) is 2.78. The van der Waals surface area contributed by atoms with Gasteiger partial charge in [-0.15, -0.1) is 0 Å². The Labute approximate surface area is 115 Å². The molecular weight excluding hydrogens is 240 g/mol. The lowest BCUT2D eigenvalue weighted by Crippen LogP contribution is -2.47. The van der Waals surface area contributed by atoms with Gasteiger partial charge < -0.3 is 20.5 Å². The van der Waals surface area contributed by atoms with E-state index in [9.17, 15) is 0 Å². The zero-order chi connectivity index (χ0) is 14.0. The second kappa shape index (κ2) is 5.90. The molecule has 0 radical (unpaired) electrons. The van der Waals surface area contributed by atoms with E-state index >= 15 is 0 Å². The Kier molecular flexibility index (Phi) is 4.45. The van der Waals surface area contributed by atoms with E-state index in [1.165, 1.54) is 16.7 Å². The van der Waals surface area contributed by atoms with Gasteiger partial charge in [0.15, 0.2) is 0 Å². The van der Waals surface area contributed by atoms with Crippen LogP contribution in [0.1, 0.15) is 28.3 Å². The van der Waals surface area contributed by atoms with Gasteiger partial charge in [0.05, 0.1) is 20.3 Å². The fraction of sp³-hybridized carbons (Fsp3) is 0.600. The first-order valence-electron chi connectivity index (χ1n) is 6.77. The molecule has 1 aliphatic heterocycles. The highest BCUT2D eigenvalue weighted by atomic mass is 16.5. The number of rotatable bonds is 3. The molecule has 0 aliphatic carbocycles. The van der Waals surface area contributed by atoms with Crippen LogP contribution in [0.4, 0.5) is 0 Å². The summed E-state index contributed by atoms with van der Waals surface area (Å²) in [4.78, 5) is 0. The summed E-state index contributed by atoms with van der Waals surface area (Å²) >= 11 is 0. The van der Waals surface area contributed by atoms with Crippen molar-refractivity contribution in [2.24, 2.45) is 5.73 Å². The molecule has 4 heteroatoms. The number of benzene rings is 1. The van der Waals surface area contributed by atoms with E-state index in [-0.39, 0.29) is 12.1 Å². The average Bonchev–Trinajstić information content (AvgIpc) is 2.43. The number of hydrogen-bond donors (Lipinski definition) is 2. The molecule has 1 aliphatic rings. The quantitative estimate of drug-likeness (QED) is 0.871. The molecule has 2 atom stereocenters. The zero-order valence-corrected chi connectivity index (χ0v) is 12.2. The molecule has 0 amide bonds. The highest BCUT2D eigenvalue weighted by Crippen LogP contribution is 2.32. The number of aryl methyl sites for hydroxylation is 1. The first-order chi connectivity index (χ1) is 9.06. The maximum Gasteiger partial charge on any atom is 0.124 e. The van der Waals surface area contributed by atoms with Crippen LogP contribution in [-0.4, -0.2) is 32.9 Å². The number of ether oxygens (including phenoxy) is 2.